The normalized spacial score (nSPS) is 10.3. The molecule has 0 saturated heterocycles. The van der Waals surface area contributed by atoms with Crippen molar-refractivity contribution in [1.29, 1.82) is 0 Å². The predicted octanol–water partition coefficient (Wildman–Crippen LogP) is 0.752. The molecule has 0 atom stereocenters. The van der Waals surface area contributed by atoms with Crippen LogP contribution in [0, 0.1) is 6.92 Å². The SMILES string of the molecule is Cc1c(CNC(=O)c2ccc(C(=O)O)cn2)cnn1C. The van der Waals surface area contributed by atoms with Crippen molar-refractivity contribution < 1.29 is 14.7 Å². The second-order valence-electron chi connectivity index (χ2n) is 4.30. The van der Waals surface area contributed by atoms with Gasteiger partial charge in [0.05, 0.1) is 11.8 Å². The summed E-state index contributed by atoms with van der Waals surface area (Å²) in [6.45, 7) is 2.26. The Morgan fingerprint density at radius 2 is 2.10 bits per heavy atom. The minimum Gasteiger partial charge on any atom is -0.478 e. The lowest BCUT2D eigenvalue weighted by Crippen LogP contribution is -2.24. The van der Waals surface area contributed by atoms with Crippen LogP contribution >= 0.6 is 0 Å². The Kier molecular flexibility index (Phi) is 3.79. The van der Waals surface area contributed by atoms with Gasteiger partial charge in [-0.25, -0.2) is 4.79 Å². The van der Waals surface area contributed by atoms with Crippen LogP contribution in [-0.4, -0.2) is 31.7 Å². The van der Waals surface area contributed by atoms with Crippen molar-refractivity contribution >= 4 is 11.9 Å². The zero-order valence-corrected chi connectivity index (χ0v) is 11.1. The van der Waals surface area contributed by atoms with E-state index in [1.165, 1.54) is 12.1 Å². The van der Waals surface area contributed by atoms with Crippen LogP contribution in [0.1, 0.15) is 32.1 Å². The molecule has 7 nitrogen and oxygen atoms in total. The standard InChI is InChI=1S/C13H14N4O3/c1-8-10(7-16-17(8)2)6-15-12(18)11-4-3-9(5-14-11)13(19)20/h3-5,7H,6H2,1-2H3,(H,15,18)(H,19,20). The molecule has 2 rings (SSSR count). The molecule has 2 aromatic heterocycles. The van der Waals surface area contributed by atoms with Gasteiger partial charge in [0.15, 0.2) is 0 Å². The minimum atomic E-state index is -1.07. The molecule has 0 fully saturated rings. The number of aromatic nitrogens is 3. The molecule has 1 amide bonds. The highest BCUT2D eigenvalue weighted by molar-refractivity contribution is 5.93. The second kappa shape index (κ2) is 5.52. The molecule has 7 heteroatoms. The first-order valence-corrected chi connectivity index (χ1v) is 5.94. The molecule has 2 heterocycles. The Morgan fingerprint density at radius 1 is 1.35 bits per heavy atom. The van der Waals surface area contributed by atoms with Gasteiger partial charge in [-0.2, -0.15) is 5.10 Å². The van der Waals surface area contributed by atoms with Crippen molar-refractivity contribution in [2.75, 3.05) is 0 Å². The minimum absolute atomic E-state index is 0.0460. The highest BCUT2D eigenvalue weighted by Gasteiger charge is 2.10. The topological polar surface area (TPSA) is 97.1 Å². The number of nitrogens with one attached hydrogen (secondary N) is 1. The van der Waals surface area contributed by atoms with Crippen LogP contribution in [0.4, 0.5) is 0 Å². The number of hydrogen-bond donors (Lipinski definition) is 2. The summed E-state index contributed by atoms with van der Waals surface area (Å²) < 4.78 is 1.72. The van der Waals surface area contributed by atoms with E-state index >= 15 is 0 Å². The van der Waals surface area contributed by atoms with Crippen molar-refractivity contribution in [1.82, 2.24) is 20.1 Å². The third-order valence-corrected chi connectivity index (χ3v) is 3.02. The highest BCUT2D eigenvalue weighted by Crippen LogP contribution is 2.06. The first kappa shape index (κ1) is 13.7. The summed E-state index contributed by atoms with van der Waals surface area (Å²) in [5, 5.41) is 15.5. The molecule has 0 aromatic carbocycles. The fraction of sp³-hybridized carbons (Fsp3) is 0.231. The number of carbonyl (C=O) groups excluding carboxylic acids is 1. The molecule has 0 saturated carbocycles. The molecule has 0 aliphatic rings. The van der Waals surface area contributed by atoms with Crippen molar-refractivity contribution in [2.24, 2.45) is 7.05 Å². The average molecular weight is 274 g/mol. The van der Waals surface area contributed by atoms with E-state index in [0.29, 0.717) is 6.54 Å². The number of hydrogen-bond acceptors (Lipinski definition) is 4. The fourth-order valence-electron chi connectivity index (χ4n) is 1.64. The van der Waals surface area contributed by atoms with Gasteiger partial charge in [0.25, 0.3) is 5.91 Å². The van der Waals surface area contributed by atoms with E-state index < -0.39 is 5.97 Å². The lowest BCUT2D eigenvalue weighted by Gasteiger charge is -2.04. The Balaban J connectivity index is 2.01. The third-order valence-electron chi connectivity index (χ3n) is 3.02. The van der Waals surface area contributed by atoms with Gasteiger partial charge in [-0.15, -0.1) is 0 Å². The number of aromatic carboxylic acids is 1. The van der Waals surface area contributed by atoms with E-state index in [9.17, 15) is 9.59 Å². The van der Waals surface area contributed by atoms with E-state index in [0.717, 1.165) is 17.5 Å². The molecule has 2 N–H and O–H groups in total. The summed E-state index contributed by atoms with van der Waals surface area (Å²) in [5.74, 6) is -1.43. The van der Waals surface area contributed by atoms with Gasteiger partial charge in [0.2, 0.25) is 0 Å². The van der Waals surface area contributed by atoms with Crippen LogP contribution in [0.5, 0.6) is 0 Å². The Bertz CT molecular complexity index is 646. The molecular weight excluding hydrogens is 260 g/mol. The van der Waals surface area contributed by atoms with Gasteiger partial charge in [0.1, 0.15) is 5.69 Å². The number of pyridine rings is 1. The number of nitrogens with zero attached hydrogens (tertiary/aromatic N) is 3. The maximum atomic E-state index is 11.9. The van der Waals surface area contributed by atoms with Gasteiger partial charge in [-0.05, 0) is 19.1 Å². The van der Waals surface area contributed by atoms with Gasteiger partial charge in [0, 0.05) is 31.0 Å². The first-order chi connectivity index (χ1) is 9.49. The van der Waals surface area contributed by atoms with Crippen molar-refractivity contribution in [3.05, 3.63) is 47.0 Å². The molecule has 0 spiro atoms. The number of carbonyl (C=O) groups is 2. The number of carboxylic acids is 1. The second-order valence-corrected chi connectivity index (χ2v) is 4.30. The molecule has 20 heavy (non-hydrogen) atoms. The fourth-order valence-corrected chi connectivity index (χ4v) is 1.64. The largest absolute Gasteiger partial charge is 0.478 e. The zero-order chi connectivity index (χ0) is 14.7. The lowest BCUT2D eigenvalue weighted by molar-refractivity contribution is 0.0695. The maximum Gasteiger partial charge on any atom is 0.337 e. The first-order valence-electron chi connectivity index (χ1n) is 5.94. The van der Waals surface area contributed by atoms with E-state index in [1.54, 1.807) is 10.9 Å². The maximum absolute atomic E-state index is 11.9. The number of aryl methyl sites for hydroxylation is 1. The predicted molar refractivity (Wildman–Crippen MR) is 70.3 cm³/mol. The number of amides is 1. The van der Waals surface area contributed by atoms with Crippen LogP contribution < -0.4 is 5.32 Å². The van der Waals surface area contributed by atoms with Gasteiger partial charge in [-0.1, -0.05) is 0 Å². The molecule has 0 aliphatic carbocycles. The van der Waals surface area contributed by atoms with Gasteiger partial charge in [-0.3, -0.25) is 14.5 Å². The highest BCUT2D eigenvalue weighted by atomic mass is 16.4. The third kappa shape index (κ3) is 2.82. The van der Waals surface area contributed by atoms with Crippen molar-refractivity contribution in [2.45, 2.75) is 13.5 Å². The summed E-state index contributed by atoms with van der Waals surface area (Å²) in [7, 11) is 1.83. The Morgan fingerprint density at radius 3 is 2.60 bits per heavy atom. The van der Waals surface area contributed by atoms with Gasteiger partial charge >= 0.3 is 5.97 Å². The summed E-state index contributed by atoms with van der Waals surface area (Å²) in [6.07, 6.45) is 2.85. The average Bonchev–Trinajstić information content (AvgIpc) is 2.76. The van der Waals surface area contributed by atoms with Crippen LogP contribution in [0.15, 0.2) is 24.5 Å². The van der Waals surface area contributed by atoms with E-state index in [2.05, 4.69) is 15.4 Å². The summed E-state index contributed by atoms with van der Waals surface area (Å²) in [4.78, 5) is 26.4. The summed E-state index contributed by atoms with van der Waals surface area (Å²) in [6, 6.07) is 2.73. The van der Waals surface area contributed by atoms with E-state index in [4.69, 9.17) is 5.11 Å². The van der Waals surface area contributed by atoms with E-state index in [1.807, 2.05) is 14.0 Å². The van der Waals surface area contributed by atoms with Crippen molar-refractivity contribution in [3.63, 3.8) is 0 Å². The number of carboxylic acid groups (broad SMARTS) is 1. The van der Waals surface area contributed by atoms with Gasteiger partial charge < -0.3 is 10.4 Å². The molecule has 0 radical (unpaired) electrons. The molecule has 0 unspecified atom stereocenters. The summed E-state index contributed by atoms with van der Waals surface area (Å²) in [5.41, 5.74) is 2.11. The van der Waals surface area contributed by atoms with Crippen LogP contribution in [-0.2, 0) is 13.6 Å². The zero-order valence-electron chi connectivity index (χ0n) is 11.1. The Hall–Kier alpha value is -2.70. The van der Waals surface area contributed by atoms with Crippen LogP contribution in [0.2, 0.25) is 0 Å². The number of rotatable bonds is 4. The molecule has 2 aromatic rings. The molecule has 0 aliphatic heterocycles. The summed E-state index contributed by atoms with van der Waals surface area (Å²) >= 11 is 0. The van der Waals surface area contributed by atoms with Crippen molar-refractivity contribution in [3.8, 4) is 0 Å². The quantitative estimate of drug-likeness (QED) is 0.857. The smallest absolute Gasteiger partial charge is 0.337 e. The lowest BCUT2D eigenvalue weighted by atomic mass is 10.2. The molecule has 104 valence electrons. The van der Waals surface area contributed by atoms with E-state index in [-0.39, 0.29) is 17.2 Å². The molecule has 0 bridgehead atoms. The molecular formula is C13H14N4O3. The van der Waals surface area contributed by atoms with Crippen LogP contribution in [0.25, 0.3) is 0 Å². The monoisotopic (exact) mass is 274 g/mol. The Labute approximate surface area is 115 Å². The van der Waals surface area contributed by atoms with Crippen LogP contribution in [0.3, 0.4) is 0 Å².